The summed E-state index contributed by atoms with van der Waals surface area (Å²) in [6.07, 6.45) is 13.2. The van der Waals surface area contributed by atoms with E-state index in [2.05, 4.69) is 54.2 Å². The molecule has 1 radical (unpaired) electrons. The third-order valence-electron chi connectivity index (χ3n) is 4.45. The van der Waals surface area contributed by atoms with Crippen LogP contribution in [0.3, 0.4) is 0 Å². The molecule has 2 aliphatic heterocycles. The summed E-state index contributed by atoms with van der Waals surface area (Å²) in [5.41, 5.74) is 7.86. The van der Waals surface area contributed by atoms with Gasteiger partial charge in [-0.15, -0.1) is 0 Å². The molecule has 6 rings (SSSR count). The maximum Gasteiger partial charge on any atom is 0.0919 e. The molecular formula is C23H18CuN6. The van der Waals surface area contributed by atoms with Gasteiger partial charge >= 0.3 is 0 Å². The van der Waals surface area contributed by atoms with Crippen molar-refractivity contribution >= 4 is 46.4 Å². The van der Waals surface area contributed by atoms with E-state index >= 15 is 0 Å². The third kappa shape index (κ3) is 4.66. The first kappa shape index (κ1) is 19.6. The van der Waals surface area contributed by atoms with Gasteiger partial charge < -0.3 is 15.0 Å². The van der Waals surface area contributed by atoms with Crippen LogP contribution >= 0.6 is 0 Å². The molecule has 30 heavy (non-hydrogen) atoms. The summed E-state index contributed by atoms with van der Waals surface area (Å²) >= 11 is 0. The third-order valence-corrected chi connectivity index (χ3v) is 4.45. The summed E-state index contributed by atoms with van der Waals surface area (Å²) in [6, 6.07) is 16.4. The van der Waals surface area contributed by atoms with Crippen LogP contribution in [0.25, 0.3) is 46.4 Å². The summed E-state index contributed by atoms with van der Waals surface area (Å²) in [4.78, 5) is 22.4. The normalized spacial score (nSPS) is 11.5. The van der Waals surface area contributed by atoms with Gasteiger partial charge in [0.1, 0.15) is 0 Å². The molecule has 8 bridgehead atoms. The Balaban J connectivity index is 0.000000321. The Bertz CT molecular complexity index is 1170. The first-order valence-electron chi connectivity index (χ1n) is 9.27. The molecule has 0 aromatic carbocycles. The first-order chi connectivity index (χ1) is 14.3. The van der Waals surface area contributed by atoms with Crippen molar-refractivity contribution in [1.82, 2.24) is 29.9 Å². The number of hydrogen-bond donors (Lipinski definition) is 3. The molecule has 0 unspecified atom stereocenters. The van der Waals surface area contributed by atoms with Crippen molar-refractivity contribution in [3.05, 3.63) is 90.0 Å². The van der Waals surface area contributed by atoms with Gasteiger partial charge in [0, 0.05) is 51.5 Å². The van der Waals surface area contributed by atoms with Crippen LogP contribution in [0.1, 0.15) is 22.8 Å². The van der Waals surface area contributed by atoms with E-state index in [1.807, 2.05) is 48.6 Å². The molecule has 4 aromatic heterocycles. The van der Waals surface area contributed by atoms with E-state index in [0.717, 1.165) is 44.8 Å². The number of fused-ring (bicyclic) bond motifs is 8. The molecule has 0 amide bonds. The smallest absolute Gasteiger partial charge is 0.0919 e. The van der Waals surface area contributed by atoms with Gasteiger partial charge in [-0.3, -0.25) is 0 Å². The first-order valence-corrected chi connectivity index (χ1v) is 9.27. The number of aromatic amines is 3. The SMILES string of the molecule is C1=Cc2cc3ccc(cc4nc(cc5ccc(cc1n2)[nH]5)C=C4)[nH]3.[Cu].c1c[nH]cn1. The van der Waals surface area contributed by atoms with E-state index in [-0.39, 0.29) is 17.1 Å². The number of H-pyrrole nitrogens is 3. The monoisotopic (exact) mass is 441 g/mol. The largest absolute Gasteiger partial charge is 0.355 e. The Morgan fingerprint density at radius 3 is 1.23 bits per heavy atom. The fourth-order valence-corrected chi connectivity index (χ4v) is 3.16. The second-order valence-electron chi connectivity index (χ2n) is 6.67. The van der Waals surface area contributed by atoms with Gasteiger partial charge in [-0.2, -0.15) is 0 Å². The van der Waals surface area contributed by atoms with Crippen molar-refractivity contribution in [1.29, 1.82) is 0 Å². The maximum absolute atomic E-state index is 4.63. The minimum atomic E-state index is 0. The van der Waals surface area contributed by atoms with Crippen LogP contribution in [0.5, 0.6) is 0 Å². The van der Waals surface area contributed by atoms with E-state index in [4.69, 9.17) is 0 Å². The predicted octanol–water partition coefficient (Wildman–Crippen LogP) is 5.06. The predicted molar refractivity (Wildman–Crippen MR) is 117 cm³/mol. The molecule has 0 spiro atoms. The van der Waals surface area contributed by atoms with E-state index in [9.17, 15) is 0 Å². The molecular weight excluding hydrogens is 424 g/mol. The van der Waals surface area contributed by atoms with Gasteiger partial charge in [0.2, 0.25) is 0 Å². The Kier molecular flexibility index (Phi) is 5.75. The molecule has 0 aliphatic carbocycles. The molecule has 2 aliphatic rings. The molecule has 0 fully saturated rings. The molecule has 6 heterocycles. The Morgan fingerprint density at radius 1 is 0.567 bits per heavy atom. The number of nitrogens with one attached hydrogen (secondary N) is 3. The van der Waals surface area contributed by atoms with Crippen molar-refractivity contribution < 1.29 is 17.1 Å². The van der Waals surface area contributed by atoms with Gasteiger partial charge in [-0.25, -0.2) is 15.0 Å². The van der Waals surface area contributed by atoms with Crippen molar-refractivity contribution in [3.63, 3.8) is 0 Å². The summed E-state index contributed by atoms with van der Waals surface area (Å²) < 4.78 is 0. The van der Waals surface area contributed by atoms with Gasteiger partial charge in [0.05, 0.1) is 29.1 Å². The van der Waals surface area contributed by atoms with E-state index in [1.54, 1.807) is 18.7 Å². The molecule has 6 nitrogen and oxygen atoms in total. The minimum Gasteiger partial charge on any atom is -0.355 e. The molecule has 0 saturated heterocycles. The van der Waals surface area contributed by atoms with Crippen LogP contribution in [0.2, 0.25) is 0 Å². The summed E-state index contributed by atoms with van der Waals surface area (Å²) in [5, 5.41) is 0. The van der Waals surface area contributed by atoms with Gasteiger partial charge in [-0.1, -0.05) is 0 Å². The molecule has 7 heteroatoms. The zero-order chi connectivity index (χ0) is 19.5. The van der Waals surface area contributed by atoms with Crippen molar-refractivity contribution in [3.8, 4) is 0 Å². The van der Waals surface area contributed by atoms with Crippen LogP contribution in [-0.4, -0.2) is 29.9 Å². The molecule has 151 valence electrons. The standard InChI is InChI=1S/C20H14N4.C3H4N2.Cu/c1-2-14-10-16-5-6-18(23-16)12-20-8-7-19(24-20)11-17-4-3-15(22-17)9-13(1)21-14;1-2-5-3-4-1;/h1-12,21,24H;1-3H,(H,4,5);. The fourth-order valence-electron chi connectivity index (χ4n) is 3.16. The average molecular weight is 442 g/mol. The van der Waals surface area contributed by atoms with Gasteiger partial charge in [-0.05, 0) is 72.8 Å². The molecule has 0 atom stereocenters. The van der Waals surface area contributed by atoms with Crippen LogP contribution in [0.15, 0.2) is 67.3 Å². The topological polar surface area (TPSA) is 86.0 Å². The number of rotatable bonds is 0. The quantitative estimate of drug-likeness (QED) is 0.288. The van der Waals surface area contributed by atoms with Crippen LogP contribution < -0.4 is 0 Å². The van der Waals surface area contributed by atoms with Gasteiger partial charge in [0.25, 0.3) is 0 Å². The van der Waals surface area contributed by atoms with E-state index < -0.39 is 0 Å². The second kappa shape index (κ2) is 8.78. The summed E-state index contributed by atoms with van der Waals surface area (Å²) in [7, 11) is 0. The second-order valence-corrected chi connectivity index (χ2v) is 6.67. The Labute approximate surface area is 183 Å². The van der Waals surface area contributed by atoms with Crippen LogP contribution in [0, 0.1) is 0 Å². The minimum absolute atomic E-state index is 0. The molecule has 4 aromatic rings. The van der Waals surface area contributed by atoms with Crippen LogP contribution in [0.4, 0.5) is 0 Å². The maximum atomic E-state index is 4.63. The average Bonchev–Trinajstić information content (AvgIpc) is 3.50. The zero-order valence-corrected chi connectivity index (χ0v) is 16.7. The number of nitrogens with zero attached hydrogens (tertiary/aromatic N) is 3. The van der Waals surface area contributed by atoms with E-state index in [1.165, 1.54) is 0 Å². The zero-order valence-electron chi connectivity index (χ0n) is 15.8. The van der Waals surface area contributed by atoms with E-state index in [0.29, 0.717) is 0 Å². The number of hydrogen-bond acceptors (Lipinski definition) is 3. The van der Waals surface area contributed by atoms with Crippen LogP contribution in [-0.2, 0) is 17.1 Å². The fraction of sp³-hybridized carbons (Fsp3) is 0. The van der Waals surface area contributed by atoms with Gasteiger partial charge in [0.15, 0.2) is 0 Å². The Hall–Kier alpha value is -3.67. The summed E-state index contributed by atoms with van der Waals surface area (Å²) in [6.45, 7) is 0. The Morgan fingerprint density at radius 2 is 0.967 bits per heavy atom. The number of imidazole rings is 1. The molecule has 0 saturated carbocycles. The van der Waals surface area contributed by atoms with Crippen molar-refractivity contribution in [2.45, 2.75) is 0 Å². The summed E-state index contributed by atoms with van der Waals surface area (Å²) in [5.74, 6) is 0. The van der Waals surface area contributed by atoms with Crippen molar-refractivity contribution in [2.75, 3.05) is 0 Å². The number of aromatic nitrogens is 6. The van der Waals surface area contributed by atoms with Crippen molar-refractivity contribution in [2.24, 2.45) is 0 Å². The molecule has 3 N–H and O–H groups in total.